The van der Waals surface area contributed by atoms with Gasteiger partial charge in [-0.1, -0.05) is 0 Å². The van der Waals surface area contributed by atoms with Gasteiger partial charge in [-0.3, -0.25) is 4.68 Å². The summed E-state index contributed by atoms with van der Waals surface area (Å²) in [7, 11) is 3.66. The van der Waals surface area contributed by atoms with Gasteiger partial charge in [0.1, 0.15) is 12.1 Å². The van der Waals surface area contributed by atoms with Crippen molar-refractivity contribution in [3.8, 4) is 0 Å². The number of anilines is 2. The predicted molar refractivity (Wildman–Crippen MR) is 95.6 cm³/mol. The number of aromatic nitrogens is 5. The van der Waals surface area contributed by atoms with Gasteiger partial charge in [0.05, 0.1) is 23.7 Å². The average molecular weight is 339 g/mol. The maximum Gasteiger partial charge on any atom is 0.159 e. The van der Waals surface area contributed by atoms with E-state index in [1.54, 1.807) is 30.5 Å². The third-order valence-corrected chi connectivity index (χ3v) is 4.73. The van der Waals surface area contributed by atoms with Crippen LogP contribution in [-0.2, 0) is 11.8 Å². The Morgan fingerprint density at radius 3 is 3.00 bits per heavy atom. The second kappa shape index (κ2) is 6.64. The first kappa shape index (κ1) is 15.8. The van der Waals surface area contributed by atoms with Crippen LogP contribution in [-0.4, -0.2) is 57.1 Å². The molecule has 130 valence electrons. The van der Waals surface area contributed by atoms with Gasteiger partial charge in [0.15, 0.2) is 5.65 Å². The Bertz CT molecular complexity index is 851. The Morgan fingerprint density at radius 2 is 2.20 bits per heavy atom. The quantitative estimate of drug-likeness (QED) is 0.754. The fraction of sp³-hybridized carbons (Fsp3) is 0.412. The summed E-state index contributed by atoms with van der Waals surface area (Å²) in [5.74, 6) is 0.933. The number of aryl methyl sites for hydroxylation is 1. The number of ether oxygens (including phenoxy) is 1. The number of rotatable bonds is 5. The molecule has 0 aliphatic carbocycles. The van der Waals surface area contributed by atoms with Gasteiger partial charge in [0.2, 0.25) is 0 Å². The van der Waals surface area contributed by atoms with Crippen LogP contribution in [0.5, 0.6) is 0 Å². The number of fused-ring (bicyclic) bond motifs is 1. The zero-order valence-corrected chi connectivity index (χ0v) is 14.3. The second-order valence-corrected chi connectivity index (χ2v) is 6.21. The Balaban J connectivity index is 1.54. The molecule has 0 spiro atoms. The molecule has 4 rings (SSSR count). The van der Waals surface area contributed by atoms with Crippen LogP contribution in [0.3, 0.4) is 0 Å². The molecule has 1 N–H and O–H groups in total. The van der Waals surface area contributed by atoms with Gasteiger partial charge in [-0.2, -0.15) is 5.10 Å². The minimum absolute atomic E-state index is 0.206. The molecule has 8 nitrogen and oxygen atoms in total. The summed E-state index contributed by atoms with van der Waals surface area (Å²) in [6.45, 7) is 1.62. The van der Waals surface area contributed by atoms with E-state index in [0.717, 1.165) is 42.0 Å². The van der Waals surface area contributed by atoms with Crippen molar-refractivity contribution in [2.75, 3.05) is 30.4 Å². The molecule has 2 atom stereocenters. The monoisotopic (exact) mass is 339 g/mol. The molecule has 0 amide bonds. The van der Waals surface area contributed by atoms with Crippen LogP contribution in [0.2, 0.25) is 0 Å². The summed E-state index contributed by atoms with van der Waals surface area (Å²) in [6.07, 6.45) is 8.17. The summed E-state index contributed by atoms with van der Waals surface area (Å²) in [5.41, 5.74) is 1.92. The van der Waals surface area contributed by atoms with Gasteiger partial charge in [0, 0.05) is 45.3 Å². The fourth-order valence-electron chi connectivity index (χ4n) is 3.40. The Morgan fingerprint density at radius 1 is 1.28 bits per heavy atom. The van der Waals surface area contributed by atoms with Crippen molar-refractivity contribution >= 4 is 22.5 Å². The zero-order valence-electron chi connectivity index (χ0n) is 14.3. The lowest BCUT2D eigenvalue weighted by atomic mass is 10.2. The van der Waals surface area contributed by atoms with Crippen LogP contribution in [0.4, 0.5) is 11.5 Å². The first-order valence-electron chi connectivity index (χ1n) is 8.32. The van der Waals surface area contributed by atoms with Crippen molar-refractivity contribution in [1.29, 1.82) is 0 Å². The number of nitrogens with one attached hydrogen (secondary N) is 1. The molecule has 8 heteroatoms. The highest BCUT2D eigenvalue weighted by Gasteiger charge is 2.32. The molecule has 4 heterocycles. The van der Waals surface area contributed by atoms with Gasteiger partial charge in [-0.25, -0.2) is 15.0 Å². The lowest BCUT2D eigenvalue weighted by molar-refractivity contribution is 0.118. The molecule has 1 aliphatic heterocycles. The highest BCUT2D eigenvalue weighted by Crippen LogP contribution is 2.26. The molecule has 1 fully saturated rings. The van der Waals surface area contributed by atoms with E-state index in [0.29, 0.717) is 6.04 Å². The first-order chi connectivity index (χ1) is 12.3. The van der Waals surface area contributed by atoms with E-state index >= 15 is 0 Å². The molecule has 1 aliphatic rings. The Hall–Kier alpha value is -2.74. The Kier molecular flexibility index (Phi) is 4.19. The number of hydrogen-bond donors (Lipinski definition) is 1. The van der Waals surface area contributed by atoms with Crippen LogP contribution in [0.15, 0.2) is 37.1 Å². The smallest absolute Gasteiger partial charge is 0.159 e. The van der Waals surface area contributed by atoms with Crippen molar-refractivity contribution in [3.05, 3.63) is 37.1 Å². The summed E-state index contributed by atoms with van der Waals surface area (Å²) < 4.78 is 7.36. The third-order valence-electron chi connectivity index (χ3n) is 4.73. The van der Waals surface area contributed by atoms with Crippen molar-refractivity contribution < 1.29 is 4.74 Å². The molecule has 3 aromatic heterocycles. The summed E-state index contributed by atoms with van der Waals surface area (Å²) >= 11 is 0. The van der Waals surface area contributed by atoms with E-state index in [-0.39, 0.29) is 6.10 Å². The zero-order chi connectivity index (χ0) is 17.2. The maximum atomic E-state index is 5.58. The predicted octanol–water partition coefficient (Wildman–Crippen LogP) is 1.46. The molecule has 3 aromatic rings. The third kappa shape index (κ3) is 3.00. The van der Waals surface area contributed by atoms with E-state index in [9.17, 15) is 0 Å². The second-order valence-electron chi connectivity index (χ2n) is 6.21. The lowest BCUT2D eigenvalue weighted by Crippen LogP contribution is -2.35. The molecule has 0 radical (unpaired) electrons. The minimum atomic E-state index is 0.206. The van der Waals surface area contributed by atoms with E-state index in [2.05, 4.69) is 30.3 Å². The number of pyridine rings is 1. The summed E-state index contributed by atoms with van der Waals surface area (Å²) in [4.78, 5) is 15.1. The van der Waals surface area contributed by atoms with E-state index in [1.807, 2.05) is 25.4 Å². The first-order valence-corrected chi connectivity index (χ1v) is 8.32. The molecule has 0 aromatic carbocycles. The highest BCUT2D eigenvalue weighted by molar-refractivity contribution is 5.88. The summed E-state index contributed by atoms with van der Waals surface area (Å²) in [6, 6.07) is 4.22. The summed E-state index contributed by atoms with van der Waals surface area (Å²) in [5, 5.41) is 8.87. The van der Waals surface area contributed by atoms with Crippen molar-refractivity contribution in [2.45, 2.75) is 18.6 Å². The Labute approximate surface area is 145 Å². The molecule has 0 saturated carbocycles. The van der Waals surface area contributed by atoms with Gasteiger partial charge in [-0.05, 0) is 18.6 Å². The molecular formula is C17H21N7O. The fourth-order valence-corrected chi connectivity index (χ4v) is 3.40. The molecule has 0 bridgehead atoms. The van der Waals surface area contributed by atoms with Gasteiger partial charge in [-0.15, -0.1) is 0 Å². The minimum Gasteiger partial charge on any atom is -0.382 e. The van der Waals surface area contributed by atoms with Crippen molar-refractivity contribution in [1.82, 2.24) is 24.7 Å². The molecule has 1 saturated heterocycles. The van der Waals surface area contributed by atoms with E-state index in [4.69, 9.17) is 4.74 Å². The van der Waals surface area contributed by atoms with Gasteiger partial charge in [0.25, 0.3) is 0 Å². The van der Waals surface area contributed by atoms with Crippen LogP contribution in [0.1, 0.15) is 6.42 Å². The normalized spacial score (nSPS) is 20.3. The standard InChI is InChI=1S/C17H21N7O/c1-23-17-14(9-22-23)15(3-6-19-17)20-8-12-7-13(25-2)10-24(12)16-4-5-18-11-21-16/h3-6,9,11-13H,7-8,10H2,1-2H3,(H,19,20)/t12-,13-/m1/s1. The largest absolute Gasteiger partial charge is 0.382 e. The van der Waals surface area contributed by atoms with Crippen LogP contribution in [0, 0.1) is 0 Å². The van der Waals surface area contributed by atoms with Gasteiger partial charge >= 0.3 is 0 Å². The molecule has 25 heavy (non-hydrogen) atoms. The average Bonchev–Trinajstić information content (AvgIpc) is 3.25. The van der Waals surface area contributed by atoms with Crippen LogP contribution >= 0.6 is 0 Å². The number of methoxy groups -OCH3 is 1. The van der Waals surface area contributed by atoms with Crippen molar-refractivity contribution in [3.63, 3.8) is 0 Å². The van der Waals surface area contributed by atoms with Gasteiger partial charge < -0.3 is 15.0 Å². The van der Waals surface area contributed by atoms with Crippen molar-refractivity contribution in [2.24, 2.45) is 7.05 Å². The van der Waals surface area contributed by atoms with Crippen LogP contribution in [0.25, 0.3) is 11.0 Å². The lowest BCUT2D eigenvalue weighted by Gasteiger charge is -2.25. The SMILES string of the molecule is CO[C@@H]1C[C@H](CNc2ccnc3c2cnn3C)N(c2ccncn2)C1. The topological polar surface area (TPSA) is 81.0 Å². The number of hydrogen-bond acceptors (Lipinski definition) is 7. The van der Waals surface area contributed by atoms with E-state index < -0.39 is 0 Å². The van der Waals surface area contributed by atoms with Crippen LogP contribution < -0.4 is 10.2 Å². The number of nitrogens with zero attached hydrogens (tertiary/aromatic N) is 6. The highest BCUT2D eigenvalue weighted by atomic mass is 16.5. The molecule has 0 unspecified atom stereocenters. The van der Waals surface area contributed by atoms with E-state index in [1.165, 1.54) is 0 Å². The maximum absolute atomic E-state index is 5.58. The molecular weight excluding hydrogens is 318 g/mol.